The molecule has 2 aromatic rings. The van der Waals surface area contributed by atoms with Crippen molar-refractivity contribution in [1.82, 2.24) is 9.78 Å². The Labute approximate surface area is 97.7 Å². The third-order valence-corrected chi connectivity index (χ3v) is 2.43. The smallest absolute Gasteiger partial charge is 0.123 e. The molecule has 0 radical (unpaired) electrons. The van der Waals surface area contributed by atoms with E-state index in [1.165, 1.54) is 12.1 Å². The summed E-state index contributed by atoms with van der Waals surface area (Å²) in [7, 11) is 1.79. The third kappa shape index (κ3) is 1.94. The minimum Gasteiger partial charge on any atom is -0.389 e. The molecule has 82 valence electrons. The van der Waals surface area contributed by atoms with Gasteiger partial charge in [0.1, 0.15) is 16.5 Å². The molecule has 0 saturated carbocycles. The molecule has 0 saturated heterocycles. The number of rotatable bonds is 2. The molecule has 0 amide bonds. The van der Waals surface area contributed by atoms with Gasteiger partial charge < -0.3 is 5.73 Å². The number of nitrogens with zero attached hydrogens (tertiary/aromatic N) is 2. The minimum atomic E-state index is -0.281. The van der Waals surface area contributed by atoms with Crippen LogP contribution in [0.25, 0.3) is 11.3 Å². The Bertz CT molecular complexity index is 531. The van der Waals surface area contributed by atoms with Crippen LogP contribution in [-0.4, -0.2) is 14.8 Å². The lowest BCUT2D eigenvalue weighted by Crippen LogP contribution is -2.09. The van der Waals surface area contributed by atoms with Crippen molar-refractivity contribution in [3.8, 4) is 11.3 Å². The summed E-state index contributed by atoms with van der Waals surface area (Å²) in [5.41, 5.74) is 7.77. The van der Waals surface area contributed by atoms with Crippen LogP contribution in [0.3, 0.4) is 0 Å². The Kier molecular flexibility index (Phi) is 2.70. The number of hydrogen-bond donors (Lipinski definition) is 1. The molecular formula is C11H10FN3S. The van der Waals surface area contributed by atoms with Crippen molar-refractivity contribution in [2.45, 2.75) is 0 Å². The molecule has 3 nitrogen and oxygen atoms in total. The molecule has 0 bridgehead atoms. The van der Waals surface area contributed by atoms with E-state index in [0.29, 0.717) is 11.3 Å². The molecule has 2 rings (SSSR count). The van der Waals surface area contributed by atoms with E-state index in [-0.39, 0.29) is 10.8 Å². The van der Waals surface area contributed by atoms with Crippen LogP contribution in [0, 0.1) is 5.82 Å². The molecule has 16 heavy (non-hydrogen) atoms. The van der Waals surface area contributed by atoms with Gasteiger partial charge in [-0.1, -0.05) is 12.2 Å². The van der Waals surface area contributed by atoms with Crippen LogP contribution in [0.2, 0.25) is 0 Å². The summed E-state index contributed by atoms with van der Waals surface area (Å²) < 4.78 is 14.4. The quantitative estimate of drug-likeness (QED) is 0.808. The highest BCUT2D eigenvalue weighted by Gasteiger charge is 2.11. The van der Waals surface area contributed by atoms with Gasteiger partial charge in [0, 0.05) is 18.8 Å². The second-order valence-electron chi connectivity index (χ2n) is 3.44. The molecule has 1 heterocycles. The fourth-order valence-electron chi connectivity index (χ4n) is 1.49. The number of thiocarbonyl (C=S) groups is 1. The average molecular weight is 235 g/mol. The zero-order valence-corrected chi connectivity index (χ0v) is 9.46. The van der Waals surface area contributed by atoms with Gasteiger partial charge in [0.2, 0.25) is 0 Å². The van der Waals surface area contributed by atoms with E-state index in [9.17, 15) is 4.39 Å². The van der Waals surface area contributed by atoms with Gasteiger partial charge >= 0.3 is 0 Å². The van der Waals surface area contributed by atoms with Gasteiger partial charge in [-0.05, 0) is 24.3 Å². The van der Waals surface area contributed by atoms with Crippen molar-refractivity contribution in [2.24, 2.45) is 12.8 Å². The summed E-state index contributed by atoms with van der Waals surface area (Å²) in [6, 6.07) is 6.07. The summed E-state index contributed by atoms with van der Waals surface area (Å²) in [5, 5.41) is 4.26. The van der Waals surface area contributed by atoms with Gasteiger partial charge in [-0.15, -0.1) is 0 Å². The zero-order chi connectivity index (χ0) is 11.7. The third-order valence-electron chi connectivity index (χ3n) is 2.21. The van der Waals surface area contributed by atoms with Crippen molar-refractivity contribution in [3.63, 3.8) is 0 Å². The van der Waals surface area contributed by atoms with E-state index in [0.717, 1.165) is 5.56 Å². The van der Waals surface area contributed by atoms with Gasteiger partial charge in [0.05, 0.1) is 5.56 Å². The molecule has 2 N–H and O–H groups in total. The van der Waals surface area contributed by atoms with Crippen LogP contribution < -0.4 is 5.73 Å². The number of nitrogens with two attached hydrogens (primary N) is 1. The molecule has 5 heteroatoms. The van der Waals surface area contributed by atoms with Crippen LogP contribution in [0.1, 0.15) is 5.56 Å². The first-order valence-electron chi connectivity index (χ1n) is 4.67. The molecule has 1 aromatic heterocycles. The van der Waals surface area contributed by atoms with E-state index in [4.69, 9.17) is 18.0 Å². The summed E-state index contributed by atoms with van der Waals surface area (Å²) in [4.78, 5) is 0.285. The minimum absolute atomic E-state index is 0.281. The van der Waals surface area contributed by atoms with E-state index < -0.39 is 0 Å². The van der Waals surface area contributed by atoms with Gasteiger partial charge in [-0.25, -0.2) is 4.39 Å². The molecule has 0 spiro atoms. The van der Waals surface area contributed by atoms with Gasteiger partial charge in [0.15, 0.2) is 0 Å². The van der Waals surface area contributed by atoms with E-state index in [1.807, 2.05) is 0 Å². The Morgan fingerprint density at radius 1 is 1.38 bits per heavy atom. The zero-order valence-electron chi connectivity index (χ0n) is 8.64. The van der Waals surface area contributed by atoms with Crippen molar-refractivity contribution in [2.75, 3.05) is 0 Å². The van der Waals surface area contributed by atoms with Crippen molar-refractivity contribution >= 4 is 17.2 Å². The van der Waals surface area contributed by atoms with Gasteiger partial charge in [-0.3, -0.25) is 4.68 Å². The molecule has 0 atom stereocenters. The topological polar surface area (TPSA) is 43.8 Å². The lowest BCUT2D eigenvalue weighted by molar-refractivity contribution is 0.628. The summed E-state index contributed by atoms with van der Waals surface area (Å²) >= 11 is 4.94. The normalized spacial score (nSPS) is 10.4. The predicted octanol–water partition coefficient (Wildman–Crippen LogP) is 1.86. The van der Waals surface area contributed by atoms with Crippen LogP contribution in [0.4, 0.5) is 4.39 Å². The lowest BCUT2D eigenvalue weighted by atomic mass is 10.1. The summed E-state index contributed by atoms with van der Waals surface area (Å²) in [5.74, 6) is -0.281. The predicted molar refractivity (Wildman–Crippen MR) is 64.5 cm³/mol. The lowest BCUT2D eigenvalue weighted by Gasteiger charge is -2.00. The standard InChI is InChI=1S/C11H10FN3S/c1-15-6-9(11(13)16)10(14-15)7-2-4-8(12)5-3-7/h2-6H,1H3,(H2,13,16). The average Bonchev–Trinajstić information content (AvgIpc) is 2.61. The highest BCUT2D eigenvalue weighted by Crippen LogP contribution is 2.21. The number of hydrogen-bond acceptors (Lipinski definition) is 2. The Morgan fingerprint density at radius 2 is 2.00 bits per heavy atom. The van der Waals surface area contributed by atoms with Crippen LogP contribution >= 0.6 is 12.2 Å². The maximum absolute atomic E-state index is 12.8. The van der Waals surface area contributed by atoms with Crippen molar-refractivity contribution < 1.29 is 4.39 Å². The van der Waals surface area contributed by atoms with E-state index in [1.54, 1.807) is 30.1 Å². The molecule has 0 unspecified atom stereocenters. The van der Waals surface area contributed by atoms with Crippen LogP contribution in [-0.2, 0) is 7.05 Å². The van der Waals surface area contributed by atoms with E-state index in [2.05, 4.69) is 5.10 Å². The molecular weight excluding hydrogens is 225 g/mol. The Hall–Kier alpha value is -1.75. The number of aromatic nitrogens is 2. The first-order chi connectivity index (χ1) is 7.58. The fraction of sp³-hybridized carbons (Fsp3) is 0.0909. The first kappa shape index (κ1) is 10.8. The Morgan fingerprint density at radius 3 is 2.56 bits per heavy atom. The second-order valence-corrected chi connectivity index (χ2v) is 3.88. The molecule has 0 aliphatic heterocycles. The van der Waals surface area contributed by atoms with Crippen molar-refractivity contribution in [3.05, 3.63) is 41.8 Å². The van der Waals surface area contributed by atoms with Crippen LogP contribution in [0.5, 0.6) is 0 Å². The summed E-state index contributed by atoms with van der Waals surface area (Å²) in [6.45, 7) is 0. The maximum Gasteiger partial charge on any atom is 0.123 e. The fourth-order valence-corrected chi connectivity index (χ4v) is 1.64. The van der Waals surface area contributed by atoms with Gasteiger partial charge in [0.25, 0.3) is 0 Å². The molecule has 1 aromatic carbocycles. The maximum atomic E-state index is 12.8. The highest BCUT2D eigenvalue weighted by molar-refractivity contribution is 7.80. The SMILES string of the molecule is Cn1cc(C(N)=S)c(-c2ccc(F)cc2)n1. The molecule has 0 fully saturated rings. The Balaban J connectivity index is 2.55. The van der Waals surface area contributed by atoms with Crippen molar-refractivity contribution in [1.29, 1.82) is 0 Å². The number of aryl methyl sites for hydroxylation is 1. The highest BCUT2D eigenvalue weighted by atomic mass is 32.1. The monoisotopic (exact) mass is 235 g/mol. The largest absolute Gasteiger partial charge is 0.389 e. The molecule has 0 aliphatic carbocycles. The van der Waals surface area contributed by atoms with Crippen LogP contribution in [0.15, 0.2) is 30.5 Å². The number of halogens is 1. The van der Waals surface area contributed by atoms with Gasteiger partial charge in [-0.2, -0.15) is 5.10 Å². The molecule has 0 aliphatic rings. The first-order valence-corrected chi connectivity index (χ1v) is 5.08. The van der Waals surface area contributed by atoms with E-state index >= 15 is 0 Å². The second kappa shape index (κ2) is 4.02. The summed E-state index contributed by atoms with van der Waals surface area (Å²) in [6.07, 6.45) is 1.75. The number of benzene rings is 1.